The smallest absolute Gasteiger partial charge is 0.314 e. The van der Waals surface area contributed by atoms with Gasteiger partial charge in [-0.25, -0.2) is 17.9 Å². The summed E-state index contributed by atoms with van der Waals surface area (Å²) >= 11 is 0. The summed E-state index contributed by atoms with van der Waals surface area (Å²) < 4.78 is 26.5. The van der Waals surface area contributed by atoms with Gasteiger partial charge in [-0.2, -0.15) is 0 Å². The molecule has 0 aromatic heterocycles. The first-order valence-electron chi connectivity index (χ1n) is 7.62. The first kappa shape index (κ1) is 19.9. The fourth-order valence-corrected chi connectivity index (χ4v) is 2.95. The van der Waals surface area contributed by atoms with Crippen molar-refractivity contribution >= 4 is 22.0 Å². The first-order chi connectivity index (χ1) is 11.3. The van der Waals surface area contributed by atoms with Crippen LogP contribution in [0.25, 0.3) is 0 Å². The zero-order valence-corrected chi connectivity index (χ0v) is 14.3. The molecule has 24 heavy (non-hydrogen) atoms. The molecule has 134 valence electrons. The second kappa shape index (κ2) is 9.89. The van der Waals surface area contributed by atoms with E-state index in [2.05, 4.69) is 15.4 Å². The summed E-state index contributed by atoms with van der Waals surface area (Å²) in [6.07, 6.45) is 0.777. The van der Waals surface area contributed by atoms with Gasteiger partial charge in [0.2, 0.25) is 10.0 Å². The van der Waals surface area contributed by atoms with Crippen LogP contribution in [-0.4, -0.2) is 44.7 Å². The minimum atomic E-state index is -3.54. The Morgan fingerprint density at radius 3 is 2.46 bits per heavy atom. The molecule has 0 saturated carbocycles. The maximum absolute atomic E-state index is 12.0. The Balaban J connectivity index is 2.25. The van der Waals surface area contributed by atoms with Gasteiger partial charge in [0.25, 0.3) is 0 Å². The molecule has 0 spiro atoms. The maximum atomic E-state index is 12.0. The fraction of sp³-hybridized carbons (Fsp3) is 0.467. The standard InChI is InChI=1S/C15H23N3O5S/c1-12(18-15(21)16-10-5-8-14(19)20)9-11-17-24(22,23)13-6-3-2-4-7-13/h2-4,6-7,12,17H,5,8-11H2,1H3,(H,19,20)(H2,16,18,21). The molecule has 9 heteroatoms. The summed E-state index contributed by atoms with van der Waals surface area (Å²) in [5.74, 6) is -0.906. The Hall–Kier alpha value is -2.13. The lowest BCUT2D eigenvalue weighted by atomic mass is 10.2. The highest BCUT2D eigenvalue weighted by Crippen LogP contribution is 2.06. The van der Waals surface area contributed by atoms with Gasteiger partial charge in [-0.1, -0.05) is 18.2 Å². The predicted octanol–water partition coefficient (Wildman–Crippen LogP) is 0.908. The van der Waals surface area contributed by atoms with E-state index < -0.39 is 22.0 Å². The van der Waals surface area contributed by atoms with Gasteiger partial charge in [0.1, 0.15) is 0 Å². The Bertz CT molecular complexity index is 634. The van der Waals surface area contributed by atoms with E-state index in [4.69, 9.17) is 5.11 Å². The quantitative estimate of drug-likeness (QED) is 0.463. The van der Waals surface area contributed by atoms with E-state index in [1.807, 2.05) is 0 Å². The Morgan fingerprint density at radius 1 is 1.17 bits per heavy atom. The number of hydrogen-bond donors (Lipinski definition) is 4. The van der Waals surface area contributed by atoms with Crippen molar-refractivity contribution in [1.82, 2.24) is 15.4 Å². The zero-order chi connectivity index (χ0) is 18.0. The summed E-state index contributed by atoms with van der Waals surface area (Å²) in [6.45, 7) is 2.22. The van der Waals surface area contributed by atoms with E-state index >= 15 is 0 Å². The first-order valence-corrected chi connectivity index (χ1v) is 9.10. The molecule has 1 rings (SSSR count). The van der Waals surface area contributed by atoms with E-state index in [0.29, 0.717) is 12.8 Å². The SMILES string of the molecule is CC(CCNS(=O)(=O)c1ccccc1)NC(=O)NCCCC(=O)O. The summed E-state index contributed by atoms with van der Waals surface area (Å²) in [6, 6.07) is 7.41. The Labute approximate surface area is 141 Å². The molecule has 1 atom stereocenters. The monoisotopic (exact) mass is 357 g/mol. The van der Waals surface area contributed by atoms with Gasteiger partial charge in [0, 0.05) is 25.6 Å². The molecular formula is C15H23N3O5S. The number of benzene rings is 1. The molecule has 0 aliphatic carbocycles. The van der Waals surface area contributed by atoms with Crippen molar-refractivity contribution in [2.75, 3.05) is 13.1 Å². The van der Waals surface area contributed by atoms with Crippen LogP contribution in [0.15, 0.2) is 35.2 Å². The minimum absolute atomic E-state index is 0.00288. The van der Waals surface area contributed by atoms with E-state index in [1.54, 1.807) is 25.1 Å². The van der Waals surface area contributed by atoms with Gasteiger partial charge in [-0.05, 0) is 31.9 Å². The number of carbonyl (C=O) groups is 2. The highest BCUT2D eigenvalue weighted by Gasteiger charge is 2.13. The van der Waals surface area contributed by atoms with Crippen LogP contribution in [0.3, 0.4) is 0 Å². The number of rotatable bonds is 10. The number of carbonyl (C=O) groups excluding carboxylic acids is 1. The molecule has 0 aliphatic heterocycles. The van der Waals surface area contributed by atoms with E-state index in [1.165, 1.54) is 12.1 Å². The second-order valence-electron chi connectivity index (χ2n) is 5.30. The van der Waals surface area contributed by atoms with Crippen LogP contribution >= 0.6 is 0 Å². The molecule has 0 saturated heterocycles. The summed E-state index contributed by atoms with van der Waals surface area (Å²) in [5, 5.41) is 13.7. The second-order valence-corrected chi connectivity index (χ2v) is 7.07. The average Bonchev–Trinajstić information content (AvgIpc) is 2.52. The molecule has 0 aliphatic rings. The molecule has 0 fully saturated rings. The Morgan fingerprint density at radius 2 is 1.83 bits per heavy atom. The van der Waals surface area contributed by atoms with Gasteiger partial charge in [-0.3, -0.25) is 4.79 Å². The number of carboxylic acid groups (broad SMARTS) is 1. The van der Waals surface area contributed by atoms with E-state index in [0.717, 1.165) is 0 Å². The number of nitrogens with one attached hydrogen (secondary N) is 3. The number of carboxylic acids is 1. The molecule has 0 radical (unpaired) electrons. The highest BCUT2D eigenvalue weighted by atomic mass is 32.2. The lowest BCUT2D eigenvalue weighted by molar-refractivity contribution is -0.137. The van der Waals surface area contributed by atoms with Crippen molar-refractivity contribution in [1.29, 1.82) is 0 Å². The van der Waals surface area contributed by atoms with Gasteiger partial charge < -0.3 is 15.7 Å². The summed E-state index contributed by atoms with van der Waals surface area (Å²) in [7, 11) is -3.54. The highest BCUT2D eigenvalue weighted by molar-refractivity contribution is 7.89. The zero-order valence-electron chi connectivity index (χ0n) is 13.5. The molecule has 4 N–H and O–H groups in total. The van der Waals surface area contributed by atoms with Crippen LogP contribution in [0.1, 0.15) is 26.2 Å². The van der Waals surface area contributed by atoms with Gasteiger partial charge in [0.05, 0.1) is 4.90 Å². The normalized spacial score (nSPS) is 12.4. The Kier molecular flexibility index (Phi) is 8.20. The molecule has 1 aromatic rings. The number of amides is 2. The fourth-order valence-electron chi connectivity index (χ4n) is 1.88. The van der Waals surface area contributed by atoms with Crippen LogP contribution in [0, 0.1) is 0 Å². The lowest BCUT2D eigenvalue weighted by Crippen LogP contribution is -2.42. The molecule has 2 amide bonds. The molecule has 0 bridgehead atoms. The van der Waals surface area contributed by atoms with Crippen molar-refractivity contribution < 1.29 is 23.1 Å². The number of urea groups is 1. The molecule has 1 unspecified atom stereocenters. The van der Waals surface area contributed by atoms with Crippen LogP contribution in [0.2, 0.25) is 0 Å². The number of sulfonamides is 1. The van der Waals surface area contributed by atoms with Crippen molar-refractivity contribution in [3.63, 3.8) is 0 Å². The van der Waals surface area contributed by atoms with Gasteiger partial charge in [-0.15, -0.1) is 0 Å². The average molecular weight is 357 g/mol. The summed E-state index contributed by atoms with van der Waals surface area (Å²) in [4.78, 5) is 22.1. The van der Waals surface area contributed by atoms with Crippen LogP contribution in [0.5, 0.6) is 0 Å². The van der Waals surface area contributed by atoms with Crippen LogP contribution in [-0.2, 0) is 14.8 Å². The molecule has 0 heterocycles. The van der Waals surface area contributed by atoms with Crippen LogP contribution in [0.4, 0.5) is 4.79 Å². The van der Waals surface area contributed by atoms with Crippen molar-refractivity contribution in [3.05, 3.63) is 30.3 Å². The molecular weight excluding hydrogens is 334 g/mol. The molecule has 1 aromatic carbocycles. The maximum Gasteiger partial charge on any atom is 0.314 e. The van der Waals surface area contributed by atoms with Crippen LogP contribution < -0.4 is 15.4 Å². The van der Waals surface area contributed by atoms with Gasteiger partial charge >= 0.3 is 12.0 Å². The van der Waals surface area contributed by atoms with E-state index in [-0.39, 0.29) is 30.4 Å². The number of aliphatic carboxylic acids is 1. The molecule has 8 nitrogen and oxygen atoms in total. The largest absolute Gasteiger partial charge is 0.481 e. The van der Waals surface area contributed by atoms with E-state index in [9.17, 15) is 18.0 Å². The van der Waals surface area contributed by atoms with Crippen molar-refractivity contribution in [3.8, 4) is 0 Å². The summed E-state index contributed by atoms with van der Waals surface area (Å²) in [5.41, 5.74) is 0. The topological polar surface area (TPSA) is 125 Å². The third-order valence-corrected chi connectivity index (χ3v) is 4.63. The number of hydrogen-bond acceptors (Lipinski definition) is 4. The third kappa shape index (κ3) is 7.93. The predicted molar refractivity (Wildman–Crippen MR) is 89.1 cm³/mol. The van der Waals surface area contributed by atoms with Gasteiger partial charge in [0.15, 0.2) is 0 Å². The lowest BCUT2D eigenvalue weighted by Gasteiger charge is -2.15. The van der Waals surface area contributed by atoms with Crippen molar-refractivity contribution in [2.24, 2.45) is 0 Å². The third-order valence-electron chi connectivity index (χ3n) is 3.15. The van der Waals surface area contributed by atoms with Crippen molar-refractivity contribution in [2.45, 2.75) is 37.1 Å². The minimum Gasteiger partial charge on any atom is -0.481 e.